The van der Waals surface area contributed by atoms with Crippen LogP contribution in [0.3, 0.4) is 0 Å². The van der Waals surface area contributed by atoms with Crippen molar-refractivity contribution in [2.45, 2.75) is 0 Å². The van der Waals surface area contributed by atoms with Gasteiger partial charge in [0.25, 0.3) is 0 Å². The van der Waals surface area contributed by atoms with Crippen LogP contribution in [0.25, 0.3) is 38.9 Å². The molecule has 0 atom stereocenters. The molecule has 27 heavy (non-hydrogen) atoms. The molecular weight excluding hydrogens is 379 g/mol. The van der Waals surface area contributed by atoms with Crippen LogP contribution in [0.15, 0.2) is 73.1 Å². The van der Waals surface area contributed by atoms with E-state index in [2.05, 4.69) is 27.1 Å². The van der Waals surface area contributed by atoms with E-state index in [1.54, 1.807) is 12.4 Å². The topological polar surface area (TPSA) is 43.6 Å². The van der Waals surface area contributed by atoms with E-state index in [-0.39, 0.29) is 5.28 Å². The molecule has 6 heteroatoms. The van der Waals surface area contributed by atoms with E-state index >= 15 is 0 Å². The van der Waals surface area contributed by atoms with E-state index in [0.717, 1.165) is 27.4 Å². The van der Waals surface area contributed by atoms with Crippen LogP contribution in [0.4, 0.5) is 0 Å². The maximum absolute atomic E-state index is 6.78. The molecule has 0 bridgehead atoms. The molecule has 0 unspecified atom stereocenters. The van der Waals surface area contributed by atoms with Crippen molar-refractivity contribution in [2.24, 2.45) is 0 Å². The van der Waals surface area contributed by atoms with E-state index in [1.165, 1.54) is 0 Å². The maximum Gasteiger partial charge on any atom is 0.225 e. The fourth-order valence-corrected chi connectivity index (χ4v) is 3.84. The van der Waals surface area contributed by atoms with Crippen LogP contribution in [-0.2, 0) is 0 Å². The summed E-state index contributed by atoms with van der Waals surface area (Å²) in [4.78, 5) is 13.0. The Labute approximate surface area is 165 Å². The van der Waals surface area contributed by atoms with Crippen molar-refractivity contribution in [2.75, 3.05) is 0 Å². The highest BCUT2D eigenvalue weighted by molar-refractivity contribution is 6.35. The predicted molar refractivity (Wildman–Crippen MR) is 110 cm³/mol. The van der Waals surface area contributed by atoms with Crippen LogP contribution in [0, 0.1) is 0 Å². The average Bonchev–Trinajstić information content (AvgIpc) is 3.05. The van der Waals surface area contributed by atoms with E-state index in [0.29, 0.717) is 16.5 Å². The predicted octanol–water partition coefficient (Wildman–Crippen LogP) is 5.94. The van der Waals surface area contributed by atoms with Crippen LogP contribution in [0.5, 0.6) is 0 Å². The number of halogens is 2. The molecule has 0 fully saturated rings. The van der Waals surface area contributed by atoms with Crippen LogP contribution in [0.2, 0.25) is 10.3 Å². The van der Waals surface area contributed by atoms with Crippen molar-refractivity contribution in [1.29, 1.82) is 0 Å². The lowest BCUT2D eigenvalue weighted by Crippen LogP contribution is -2.02. The molecule has 2 aromatic carbocycles. The van der Waals surface area contributed by atoms with Gasteiger partial charge in [-0.15, -0.1) is 0 Å². The van der Waals surface area contributed by atoms with Gasteiger partial charge in [0.1, 0.15) is 5.02 Å². The van der Waals surface area contributed by atoms with E-state index < -0.39 is 0 Å². The van der Waals surface area contributed by atoms with Gasteiger partial charge in [-0.2, -0.15) is 4.98 Å². The molecule has 4 nitrogen and oxygen atoms in total. The molecule has 130 valence electrons. The molecule has 0 aliphatic heterocycles. The third kappa shape index (κ3) is 2.57. The Hall–Kier alpha value is -2.95. The zero-order valence-electron chi connectivity index (χ0n) is 14.0. The standard InChI is InChI=1S/C21H12Cl2N4/c22-18-19(13-6-5-11-24-12-13)25-21(23)26-20(18)27-16-9-3-1-7-14(16)15-8-2-4-10-17(15)27/h1-12H. The number of nitrogens with zero attached hydrogens (tertiary/aromatic N) is 4. The third-order valence-corrected chi connectivity index (χ3v) is 5.05. The average molecular weight is 391 g/mol. The summed E-state index contributed by atoms with van der Waals surface area (Å²) in [7, 11) is 0. The lowest BCUT2D eigenvalue weighted by molar-refractivity contribution is 1.04. The summed E-state index contributed by atoms with van der Waals surface area (Å²) in [6, 6.07) is 20.0. The molecule has 0 aliphatic rings. The second kappa shape index (κ2) is 6.34. The molecule has 3 heterocycles. The van der Waals surface area contributed by atoms with Gasteiger partial charge in [0.2, 0.25) is 5.28 Å². The van der Waals surface area contributed by atoms with E-state index in [9.17, 15) is 0 Å². The Morgan fingerprint density at radius 3 is 2.04 bits per heavy atom. The number of fused-ring (bicyclic) bond motifs is 3. The van der Waals surface area contributed by atoms with Crippen LogP contribution in [-0.4, -0.2) is 19.5 Å². The zero-order valence-corrected chi connectivity index (χ0v) is 15.5. The number of hydrogen-bond acceptors (Lipinski definition) is 3. The smallest absolute Gasteiger partial charge is 0.225 e. The maximum atomic E-state index is 6.78. The van der Waals surface area contributed by atoms with E-state index in [1.807, 2.05) is 53.1 Å². The number of para-hydroxylation sites is 2. The van der Waals surface area contributed by atoms with Crippen LogP contribution in [0.1, 0.15) is 0 Å². The van der Waals surface area contributed by atoms with Gasteiger partial charge < -0.3 is 0 Å². The minimum absolute atomic E-state index is 0.134. The zero-order chi connectivity index (χ0) is 18.4. The van der Waals surface area contributed by atoms with E-state index in [4.69, 9.17) is 23.2 Å². The minimum Gasteiger partial charge on any atom is -0.292 e. The Morgan fingerprint density at radius 1 is 0.741 bits per heavy atom. The third-order valence-electron chi connectivity index (χ3n) is 4.53. The van der Waals surface area contributed by atoms with Gasteiger partial charge in [0.05, 0.1) is 16.7 Å². The summed E-state index contributed by atoms with van der Waals surface area (Å²) in [6.07, 6.45) is 3.41. The normalized spacial score (nSPS) is 11.3. The van der Waals surface area contributed by atoms with Gasteiger partial charge in [-0.05, 0) is 35.9 Å². The van der Waals surface area contributed by atoms with Gasteiger partial charge in [0, 0.05) is 28.7 Å². The number of aromatic nitrogens is 4. The van der Waals surface area contributed by atoms with Gasteiger partial charge in [-0.25, -0.2) is 4.98 Å². The Kier molecular flexibility index (Phi) is 3.81. The van der Waals surface area contributed by atoms with Crippen molar-refractivity contribution in [1.82, 2.24) is 19.5 Å². The summed E-state index contributed by atoms with van der Waals surface area (Å²) in [6.45, 7) is 0. The largest absolute Gasteiger partial charge is 0.292 e. The quantitative estimate of drug-likeness (QED) is 0.350. The lowest BCUT2D eigenvalue weighted by Gasteiger charge is -2.12. The van der Waals surface area contributed by atoms with Crippen molar-refractivity contribution in [3.05, 3.63) is 83.4 Å². The SMILES string of the molecule is Clc1nc(-c2cccnc2)c(Cl)c(-n2c3ccccc3c3ccccc32)n1. The molecule has 3 aromatic heterocycles. The summed E-state index contributed by atoms with van der Waals surface area (Å²) in [5, 5.41) is 2.82. The van der Waals surface area contributed by atoms with Crippen molar-refractivity contribution in [3.8, 4) is 17.1 Å². The Morgan fingerprint density at radius 2 is 1.41 bits per heavy atom. The van der Waals surface area contributed by atoms with Crippen LogP contribution < -0.4 is 0 Å². The van der Waals surface area contributed by atoms with Gasteiger partial charge in [-0.1, -0.05) is 48.0 Å². The Bertz CT molecular complexity index is 1240. The number of pyridine rings is 1. The highest BCUT2D eigenvalue weighted by Gasteiger charge is 2.19. The van der Waals surface area contributed by atoms with Crippen molar-refractivity contribution < 1.29 is 0 Å². The monoisotopic (exact) mass is 390 g/mol. The highest BCUT2D eigenvalue weighted by Crippen LogP contribution is 2.36. The lowest BCUT2D eigenvalue weighted by atomic mass is 10.2. The number of rotatable bonds is 2. The van der Waals surface area contributed by atoms with Crippen molar-refractivity contribution in [3.63, 3.8) is 0 Å². The summed E-state index contributed by atoms with van der Waals surface area (Å²) in [5.74, 6) is 0.549. The molecule has 0 aliphatic carbocycles. The number of benzene rings is 2. The second-order valence-electron chi connectivity index (χ2n) is 6.09. The fourth-order valence-electron chi connectivity index (χ4n) is 3.40. The number of hydrogen-bond donors (Lipinski definition) is 0. The fraction of sp³-hybridized carbons (Fsp3) is 0. The first-order chi connectivity index (χ1) is 13.2. The molecule has 5 aromatic rings. The molecule has 0 N–H and O–H groups in total. The molecule has 0 saturated carbocycles. The summed E-state index contributed by atoms with van der Waals surface area (Å²) < 4.78 is 2.03. The summed E-state index contributed by atoms with van der Waals surface area (Å²) in [5.41, 5.74) is 3.36. The Balaban J connectivity index is 1.90. The minimum atomic E-state index is 0.134. The first-order valence-electron chi connectivity index (χ1n) is 8.36. The molecule has 0 saturated heterocycles. The van der Waals surface area contributed by atoms with Gasteiger partial charge in [0.15, 0.2) is 5.82 Å². The van der Waals surface area contributed by atoms with Gasteiger partial charge >= 0.3 is 0 Å². The summed E-state index contributed by atoms with van der Waals surface area (Å²) >= 11 is 13.1. The van der Waals surface area contributed by atoms with Crippen LogP contribution >= 0.6 is 23.2 Å². The molecule has 0 radical (unpaired) electrons. The molecule has 5 rings (SSSR count). The first kappa shape index (κ1) is 16.2. The van der Waals surface area contributed by atoms with Gasteiger partial charge in [-0.3, -0.25) is 9.55 Å². The molecule has 0 spiro atoms. The van der Waals surface area contributed by atoms with Crippen molar-refractivity contribution >= 4 is 45.0 Å². The highest BCUT2D eigenvalue weighted by atomic mass is 35.5. The molecular formula is C21H12Cl2N4. The molecule has 0 amide bonds. The second-order valence-corrected chi connectivity index (χ2v) is 6.81. The first-order valence-corrected chi connectivity index (χ1v) is 9.11.